The van der Waals surface area contributed by atoms with Gasteiger partial charge in [0, 0.05) is 18.1 Å². The van der Waals surface area contributed by atoms with Gasteiger partial charge in [0.25, 0.3) is 0 Å². The molecule has 0 aliphatic carbocycles. The lowest BCUT2D eigenvalue weighted by Gasteiger charge is -2.10. The Kier molecular flexibility index (Phi) is 15.7. The zero-order valence-electron chi connectivity index (χ0n) is 14.3. The van der Waals surface area contributed by atoms with Gasteiger partial charge in [-0.15, -0.1) is 0 Å². The van der Waals surface area contributed by atoms with Crippen LogP contribution in [0, 0.1) is 0 Å². The van der Waals surface area contributed by atoms with Crippen LogP contribution in [0.3, 0.4) is 0 Å². The van der Waals surface area contributed by atoms with Gasteiger partial charge in [-0.25, -0.2) is 0 Å². The molecule has 5 heteroatoms. The summed E-state index contributed by atoms with van der Waals surface area (Å²) in [5.41, 5.74) is 0. The van der Waals surface area contributed by atoms with E-state index < -0.39 is 11.9 Å². The third-order valence-corrected chi connectivity index (χ3v) is 4.62. The van der Waals surface area contributed by atoms with Gasteiger partial charge in [-0.05, 0) is 25.7 Å². The molecule has 23 heavy (non-hydrogen) atoms. The van der Waals surface area contributed by atoms with Gasteiger partial charge in [0.15, 0.2) is 0 Å². The van der Waals surface area contributed by atoms with E-state index in [0.29, 0.717) is 18.1 Å². The molecule has 0 aromatic rings. The van der Waals surface area contributed by atoms with E-state index >= 15 is 0 Å². The first kappa shape index (κ1) is 22.3. The predicted molar refractivity (Wildman–Crippen MR) is 97.3 cm³/mol. The van der Waals surface area contributed by atoms with Crippen molar-refractivity contribution in [3.63, 3.8) is 0 Å². The lowest BCUT2D eigenvalue weighted by Crippen LogP contribution is -1.99. The molecule has 0 heterocycles. The molecule has 0 aliphatic heterocycles. The quantitative estimate of drug-likeness (QED) is 0.246. The largest absolute Gasteiger partial charge is 0.481 e. The molecular weight excluding hydrogens is 312 g/mol. The predicted octanol–water partition coefficient (Wildman–Crippen LogP) is 5.31. The van der Waals surface area contributed by atoms with Crippen LogP contribution in [0.2, 0.25) is 0 Å². The first-order valence-electron chi connectivity index (χ1n) is 9.14. The van der Waals surface area contributed by atoms with Crippen LogP contribution in [0.4, 0.5) is 0 Å². The molecule has 0 radical (unpaired) electrons. The maximum atomic E-state index is 10.4. The highest BCUT2D eigenvalue weighted by Crippen LogP contribution is 2.17. The molecule has 0 aliphatic rings. The van der Waals surface area contributed by atoms with Crippen LogP contribution >= 0.6 is 12.6 Å². The lowest BCUT2D eigenvalue weighted by atomic mass is 10.0. The minimum atomic E-state index is -0.692. The van der Waals surface area contributed by atoms with E-state index in [1.165, 1.54) is 32.1 Å². The summed E-state index contributed by atoms with van der Waals surface area (Å²) in [6, 6.07) is 0. The average molecular weight is 347 g/mol. The zero-order chi connectivity index (χ0) is 17.3. The molecule has 4 nitrogen and oxygen atoms in total. The standard InChI is InChI=1S/C18H34O4S/c19-17(20)14-10-6-2-1-4-8-12-16(23)13-9-5-3-7-11-15-18(21)22/h16,23H,1-15H2,(H,19,20)(H,21,22). The van der Waals surface area contributed by atoms with Crippen molar-refractivity contribution in [1.82, 2.24) is 0 Å². The smallest absolute Gasteiger partial charge is 0.303 e. The fraction of sp³-hybridized carbons (Fsp3) is 0.889. The van der Waals surface area contributed by atoms with E-state index in [2.05, 4.69) is 12.6 Å². The van der Waals surface area contributed by atoms with Crippen molar-refractivity contribution in [1.29, 1.82) is 0 Å². The summed E-state index contributed by atoms with van der Waals surface area (Å²) < 4.78 is 0. The van der Waals surface area contributed by atoms with Crippen molar-refractivity contribution < 1.29 is 19.8 Å². The number of unbranched alkanes of at least 4 members (excludes halogenated alkanes) is 9. The number of thiol groups is 1. The van der Waals surface area contributed by atoms with Crippen molar-refractivity contribution in [2.45, 2.75) is 102 Å². The Morgan fingerprint density at radius 1 is 0.609 bits per heavy atom. The molecule has 0 saturated carbocycles. The minimum Gasteiger partial charge on any atom is -0.481 e. The van der Waals surface area contributed by atoms with Crippen molar-refractivity contribution in [3.05, 3.63) is 0 Å². The molecule has 1 unspecified atom stereocenters. The SMILES string of the molecule is O=C(O)CCCCCCCCC(S)CCCCCCCC(=O)O. The van der Waals surface area contributed by atoms with Crippen molar-refractivity contribution in [3.8, 4) is 0 Å². The Morgan fingerprint density at radius 2 is 0.913 bits per heavy atom. The molecule has 0 rings (SSSR count). The highest BCUT2D eigenvalue weighted by atomic mass is 32.1. The fourth-order valence-electron chi connectivity index (χ4n) is 2.69. The Labute approximate surface area is 146 Å². The van der Waals surface area contributed by atoms with Gasteiger partial charge in [0.05, 0.1) is 0 Å². The molecule has 0 saturated heterocycles. The van der Waals surface area contributed by atoms with Gasteiger partial charge in [-0.1, -0.05) is 57.8 Å². The molecule has 2 N–H and O–H groups in total. The van der Waals surface area contributed by atoms with Gasteiger partial charge in [-0.3, -0.25) is 9.59 Å². The Morgan fingerprint density at radius 3 is 1.26 bits per heavy atom. The number of aliphatic carboxylic acids is 2. The maximum Gasteiger partial charge on any atom is 0.303 e. The lowest BCUT2D eigenvalue weighted by molar-refractivity contribution is -0.138. The van der Waals surface area contributed by atoms with E-state index in [9.17, 15) is 9.59 Å². The first-order chi connectivity index (χ1) is 11.0. The van der Waals surface area contributed by atoms with Crippen LogP contribution < -0.4 is 0 Å². The van der Waals surface area contributed by atoms with E-state index in [1.807, 2.05) is 0 Å². The summed E-state index contributed by atoms with van der Waals surface area (Å²) in [5, 5.41) is 17.6. The summed E-state index contributed by atoms with van der Waals surface area (Å²) in [4.78, 5) is 20.7. The van der Waals surface area contributed by atoms with Crippen LogP contribution in [0.5, 0.6) is 0 Å². The summed E-state index contributed by atoms with van der Waals surface area (Å²) in [6.07, 6.45) is 14.8. The van der Waals surface area contributed by atoms with Crippen LogP contribution in [-0.2, 0) is 9.59 Å². The second-order valence-corrected chi connectivity index (χ2v) is 7.14. The number of hydrogen-bond acceptors (Lipinski definition) is 3. The van der Waals surface area contributed by atoms with Crippen molar-refractivity contribution in [2.24, 2.45) is 0 Å². The average Bonchev–Trinajstić information content (AvgIpc) is 2.48. The maximum absolute atomic E-state index is 10.4. The number of hydrogen-bond donors (Lipinski definition) is 3. The molecule has 0 spiro atoms. The van der Waals surface area contributed by atoms with Gasteiger partial charge in [0.1, 0.15) is 0 Å². The molecule has 1 atom stereocenters. The molecule has 0 fully saturated rings. The minimum absolute atomic E-state index is 0.297. The second-order valence-electron chi connectivity index (χ2n) is 6.41. The van der Waals surface area contributed by atoms with Crippen LogP contribution in [0.25, 0.3) is 0 Å². The highest BCUT2D eigenvalue weighted by Gasteiger charge is 2.03. The topological polar surface area (TPSA) is 74.6 Å². The molecule has 0 aromatic heterocycles. The molecule has 136 valence electrons. The number of rotatable bonds is 17. The second kappa shape index (κ2) is 16.2. The van der Waals surface area contributed by atoms with Crippen molar-refractivity contribution in [2.75, 3.05) is 0 Å². The highest BCUT2D eigenvalue weighted by molar-refractivity contribution is 7.80. The van der Waals surface area contributed by atoms with Crippen LogP contribution in [0.15, 0.2) is 0 Å². The van der Waals surface area contributed by atoms with Gasteiger partial charge in [-0.2, -0.15) is 12.6 Å². The Hall–Kier alpha value is -0.710. The normalized spacial score (nSPS) is 12.2. The van der Waals surface area contributed by atoms with Crippen LogP contribution in [0.1, 0.15) is 96.3 Å². The molecule has 0 aromatic carbocycles. The first-order valence-corrected chi connectivity index (χ1v) is 9.65. The number of carbonyl (C=O) groups is 2. The molecule has 0 amide bonds. The van der Waals surface area contributed by atoms with Gasteiger partial charge in [0.2, 0.25) is 0 Å². The summed E-state index contributed by atoms with van der Waals surface area (Å²) in [5.74, 6) is -1.38. The van der Waals surface area contributed by atoms with E-state index in [0.717, 1.165) is 51.4 Å². The Bertz CT molecular complexity index is 307. The summed E-state index contributed by atoms with van der Waals surface area (Å²) in [7, 11) is 0. The number of carboxylic acids is 2. The monoisotopic (exact) mass is 346 g/mol. The summed E-state index contributed by atoms with van der Waals surface area (Å²) >= 11 is 4.64. The third-order valence-electron chi connectivity index (χ3n) is 4.11. The molecule has 0 bridgehead atoms. The van der Waals surface area contributed by atoms with Gasteiger partial charge < -0.3 is 10.2 Å². The fourth-order valence-corrected chi connectivity index (χ4v) is 3.06. The molecular formula is C18H34O4S. The zero-order valence-corrected chi connectivity index (χ0v) is 15.2. The summed E-state index contributed by atoms with van der Waals surface area (Å²) in [6.45, 7) is 0. The number of carboxylic acid groups (broad SMARTS) is 2. The van der Waals surface area contributed by atoms with Crippen LogP contribution in [-0.4, -0.2) is 27.4 Å². The Balaban J connectivity index is 3.20. The van der Waals surface area contributed by atoms with Gasteiger partial charge >= 0.3 is 11.9 Å². The van der Waals surface area contributed by atoms with E-state index in [1.54, 1.807) is 0 Å². The van der Waals surface area contributed by atoms with Crippen molar-refractivity contribution >= 4 is 24.6 Å². The third kappa shape index (κ3) is 19.2. The van der Waals surface area contributed by atoms with E-state index in [-0.39, 0.29) is 0 Å². The van der Waals surface area contributed by atoms with E-state index in [4.69, 9.17) is 10.2 Å².